The number of hydrogen-bond acceptors (Lipinski definition) is 6. The molecule has 8 nitrogen and oxygen atoms in total. The van der Waals surface area contributed by atoms with Gasteiger partial charge in [0.1, 0.15) is 6.61 Å². The maximum Gasteiger partial charge on any atom is 0.273 e. The first-order chi connectivity index (χ1) is 17.0. The predicted octanol–water partition coefficient (Wildman–Crippen LogP) is 5.41. The van der Waals surface area contributed by atoms with E-state index in [1.807, 2.05) is 24.3 Å². The first-order valence-electron chi connectivity index (χ1n) is 10.8. The number of nitrogens with zero attached hydrogens (tertiary/aromatic N) is 2. The number of nitro groups is 1. The first-order valence-corrected chi connectivity index (χ1v) is 10.8. The highest BCUT2D eigenvalue weighted by Crippen LogP contribution is 2.29. The fourth-order valence-corrected chi connectivity index (χ4v) is 3.75. The lowest BCUT2D eigenvalue weighted by atomic mass is 10.1. The fourth-order valence-electron chi connectivity index (χ4n) is 3.75. The van der Waals surface area contributed by atoms with E-state index < -0.39 is 10.8 Å². The quantitative estimate of drug-likeness (QED) is 0.211. The lowest BCUT2D eigenvalue weighted by Gasteiger charge is -2.12. The lowest BCUT2D eigenvalue weighted by Crippen LogP contribution is -2.19. The molecule has 0 spiro atoms. The van der Waals surface area contributed by atoms with Crippen LogP contribution in [0.1, 0.15) is 27.0 Å². The number of hydrazone groups is 1. The van der Waals surface area contributed by atoms with E-state index in [0.29, 0.717) is 23.7 Å². The molecule has 0 aliphatic rings. The number of carbonyl (C=O) groups is 1. The van der Waals surface area contributed by atoms with Gasteiger partial charge in [-0.2, -0.15) is 5.10 Å². The minimum Gasteiger partial charge on any atom is -0.493 e. The molecule has 1 amide bonds. The highest BCUT2D eigenvalue weighted by molar-refractivity contribution is 5.97. The van der Waals surface area contributed by atoms with E-state index in [4.69, 9.17) is 9.47 Å². The summed E-state index contributed by atoms with van der Waals surface area (Å²) >= 11 is 0. The zero-order chi connectivity index (χ0) is 24.8. The number of rotatable bonds is 8. The number of methoxy groups -OCH3 is 1. The third kappa shape index (κ3) is 5.27. The van der Waals surface area contributed by atoms with E-state index in [0.717, 1.165) is 16.3 Å². The summed E-state index contributed by atoms with van der Waals surface area (Å²) in [5.74, 6) is 0.563. The molecule has 0 saturated heterocycles. The Morgan fingerprint density at radius 1 is 1.03 bits per heavy atom. The first kappa shape index (κ1) is 23.4. The molecule has 4 rings (SSSR count). The molecule has 0 aromatic heterocycles. The second-order valence-corrected chi connectivity index (χ2v) is 7.74. The molecule has 4 aromatic carbocycles. The number of fused-ring (bicyclic) bond motifs is 1. The van der Waals surface area contributed by atoms with Crippen molar-refractivity contribution in [3.8, 4) is 11.5 Å². The normalized spacial score (nSPS) is 10.9. The molecular formula is C27H23N3O5. The molecule has 176 valence electrons. The number of carbonyl (C=O) groups excluding carboxylic acids is 1. The molecule has 0 atom stereocenters. The molecule has 0 saturated carbocycles. The van der Waals surface area contributed by atoms with E-state index in [-0.39, 0.29) is 16.8 Å². The summed E-state index contributed by atoms with van der Waals surface area (Å²) in [6, 6.07) is 23.9. The van der Waals surface area contributed by atoms with Gasteiger partial charge in [0.05, 0.1) is 23.8 Å². The van der Waals surface area contributed by atoms with Crippen LogP contribution in [0.4, 0.5) is 5.69 Å². The van der Waals surface area contributed by atoms with Crippen molar-refractivity contribution in [2.24, 2.45) is 5.10 Å². The molecule has 0 aliphatic carbocycles. The third-order valence-corrected chi connectivity index (χ3v) is 5.58. The Labute approximate surface area is 202 Å². The maximum absolute atomic E-state index is 12.4. The van der Waals surface area contributed by atoms with Gasteiger partial charge in [-0.3, -0.25) is 14.9 Å². The van der Waals surface area contributed by atoms with Crippen LogP contribution in [-0.4, -0.2) is 24.2 Å². The van der Waals surface area contributed by atoms with Gasteiger partial charge in [-0.1, -0.05) is 48.5 Å². The number of hydrogen-bond donors (Lipinski definition) is 1. The van der Waals surface area contributed by atoms with Gasteiger partial charge in [-0.05, 0) is 53.1 Å². The molecular weight excluding hydrogens is 446 g/mol. The topological polar surface area (TPSA) is 103 Å². The van der Waals surface area contributed by atoms with Crippen LogP contribution in [0.2, 0.25) is 0 Å². The van der Waals surface area contributed by atoms with Crippen LogP contribution < -0.4 is 14.9 Å². The van der Waals surface area contributed by atoms with Crippen LogP contribution in [0.25, 0.3) is 10.8 Å². The summed E-state index contributed by atoms with van der Waals surface area (Å²) in [4.78, 5) is 23.0. The van der Waals surface area contributed by atoms with Gasteiger partial charge in [0.25, 0.3) is 11.6 Å². The van der Waals surface area contributed by atoms with E-state index in [1.54, 1.807) is 25.3 Å². The molecule has 0 unspecified atom stereocenters. The molecule has 0 fully saturated rings. The monoisotopic (exact) mass is 469 g/mol. The minimum absolute atomic E-state index is 0.120. The Morgan fingerprint density at radius 3 is 2.60 bits per heavy atom. The Balaban J connectivity index is 1.44. The van der Waals surface area contributed by atoms with Crippen LogP contribution in [0, 0.1) is 17.0 Å². The number of ether oxygens (including phenoxy) is 2. The van der Waals surface area contributed by atoms with Crippen molar-refractivity contribution in [1.82, 2.24) is 5.43 Å². The van der Waals surface area contributed by atoms with E-state index in [2.05, 4.69) is 28.7 Å². The van der Waals surface area contributed by atoms with Crippen molar-refractivity contribution in [3.63, 3.8) is 0 Å². The van der Waals surface area contributed by atoms with Gasteiger partial charge in [0.2, 0.25) is 0 Å². The maximum atomic E-state index is 12.4. The van der Waals surface area contributed by atoms with Crippen LogP contribution in [0.3, 0.4) is 0 Å². The molecule has 8 heteroatoms. The zero-order valence-corrected chi connectivity index (χ0v) is 19.2. The number of benzene rings is 4. The van der Waals surface area contributed by atoms with E-state index in [9.17, 15) is 14.9 Å². The van der Waals surface area contributed by atoms with Gasteiger partial charge in [0, 0.05) is 11.6 Å². The Morgan fingerprint density at radius 2 is 1.80 bits per heavy atom. The average Bonchev–Trinajstić information content (AvgIpc) is 2.87. The lowest BCUT2D eigenvalue weighted by molar-refractivity contribution is -0.385. The number of nitro benzene ring substituents is 1. The van der Waals surface area contributed by atoms with Gasteiger partial charge in [-0.25, -0.2) is 5.43 Å². The summed E-state index contributed by atoms with van der Waals surface area (Å²) in [5.41, 5.74) is 4.49. The van der Waals surface area contributed by atoms with E-state index in [1.165, 1.54) is 31.3 Å². The van der Waals surface area contributed by atoms with Crippen LogP contribution in [-0.2, 0) is 6.61 Å². The Bertz CT molecular complexity index is 1430. The summed E-state index contributed by atoms with van der Waals surface area (Å²) in [6.45, 7) is 1.91. The third-order valence-electron chi connectivity index (χ3n) is 5.58. The summed E-state index contributed by atoms with van der Waals surface area (Å²) < 4.78 is 11.5. The van der Waals surface area contributed by atoms with Crippen molar-refractivity contribution >= 4 is 28.6 Å². The summed E-state index contributed by atoms with van der Waals surface area (Å²) in [5, 5.41) is 17.3. The van der Waals surface area contributed by atoms with Crippen molar-refractivity contribution in [1.29, 1.82) is 0 Å². The largest absolute Gasteiger partial charge is 0.493 e. The molecule has 35 heavy (non-hydrogen) atoms. The predicted molar refractivity (Wildman–Crippen MR) is 134 cm³/mol. The van der Waals surface area contributed by atoms with Crippen molar-refractivity contribution in [2.45, 2.75) is 13.5 Å². The van der Waals surface area contributed by atoms with Gasteiger partial charge in [-0.15, -0.1) is 0 Å². The standard InChI is InChI=1S/C27H23N3O5/c1-18-22(11-6-12-24(18)30(32)33)27(31)29-28-16-19-13-14-25(26(15-19)34-2)35-17-21-9-5-8-20-7-3-4-10-23(20)21/h3-16H,17H2,1-2H3,(H,29,31)/b28-16-. The van der Waals surface area contributed by atoms with Crippen LogP contribution in [0.5, 0.6) is 11.5 Å². The van der Waals surface area contributed by atoms with E-state index >= 15 is 0 Å². The average molecular weight is 469 g/mol. The summed E-state index contributed by atoms with van der Waals surface area (Å²) in [6.07, 6.45) is 1.46. The van der Waals surface area contributed by atoms with Gasteiger partial charge >= 0.3 is 0 Å². The molecule has 4 aromatic rings. The summed E-state index contributed by atoms with van der Waals surface area (Å²) in [7, 11) is 1.55. The van der Waals surface area contributed by atoms with Crippen molar-refractivity contribution in [2.75, 3.05) is 7.11 Å². The van der Waals surface area contributed by atoms with Crippen molar-refractivity contribution < 1.29 is 19.2 Å². The molecule has 0 bridgehead atoms. The number of nitrogens with one attached hydrogen (secondary N) is 1. The van der Waals surface area contributed by atoms with Crippen LogP contribution in [0.15, 0.2) is 84.0 Å². The van der Waals surface area contributed by atoms with Gasteiger partial charge in [0.15, 0.2) is 11.5 Å². The second kappa shape index (κ2) is 10.5. The molecule has 0 aliphatic heterocycles. The van der Waals surface area contributed by atoms with Crippen molar-refractivity contribution in [3.05, 3.63) is 111 Å². The Kier molecular flexibility index (Phi) is 7.02. The molecule has 0 radical (unpaired) electrons. The molecule has 0 heterocycles. The minimum atomic E-state index is -0.538. The van der Waals surface area contributed by atoms with Gasteiger partial charge < -0.3 is 9.47 Å². The highest BCUT2D eigenvalue weighted by atomic mass is 16.6. The number of amides is 1. The highest BCUT2D eigenvalue weighted by Gasteiger charge is 2.17. The smallest absolute Gasteiger partial charge is 0.273 e. The SMILES string of the molecule is COc1cc(/C=N\NC(=O)c2cccc([N+](=O)[O-])c2C)ccc1OCc1cccc2ccccc12. The zero-order valence-electron chi connectivity index (χ0n) is 19.2. The second-order valence-electron chi connectivity index (χ2n) is 7.74. The van der Waals surface area contributed by atoms with Crippen LogP contribution >= 0.6 is 0 Å². The Hall–Kier alpha value is -4.72. The molecule has 1 N–H and O–H groups in total. The fraction of sp³-hybridized carbons (Fsp3) is 0.111.